The summed E-state index contributed by atoms with van der Waals surface area (Å²) in [6.45, 7) is 3.58. The Morgan fingerprint density at radius 1 is 1.37 bits per heavy atom. The Bertz CT molecular complexity index is 434. The Balaban J connectivity index is 2.71. The summed E-state index contributed by atoms with van der Waals surface area (Å²) >= 11 is 5.43. The molecule has 0 radical (unpaired) electrons. The van der Waals surface area contributed by atoms with Crippen LogP contribution in [0.1, 0.15) is 5.56 Å². The van der Waals surface area contributed by atoms with E-state index in [1.165, 1.54) is 6.08 Å². The quantitative estimate of drug-likeness (QED) is 0.470. The molecule has 0 aliphatic heterocycles. The molecule has 1 N–H and O–H groups in total. The highest BCUT2D eigenvalue weighted by atomic mass is 35.5. The van der Waals surface area contributed by atoms with E-state index in [2.05, 4.69) is 11.9 Å². The van der Waals surface area contributed by atoms with E-state index >= 15 is 0 Å². The molecule has 0 fully saturated rings. The summed E-state index contributed by atoms with van der Waals surface area (Å²) in [7, 11) is 0. The minimum Gasteiger partial charge on any atom is -0.460 e. The first-order chi connectivity index (χ1) is 9.17. The number of hydrogen-bond acceptors (Lipinski definition) is 3. The van der Waals surface area contributed by atoms with Gasteiger partial charge in [0, 0.05) is 6.42 Å². The first-order valence-electron chi connectivity index (χ1n) is 5.84. The van der Waals surface area contributed by atoms with Crippen molar-refractivity contribution in [3.8, 4) is 0 Å². The molecule has 1 aromatic rings. The first kappa shape index (κ1) is 15.2. The Hall–Kier alpha value is -1.81. The van der Waals surface area contributed by atoms with Crippen molar-refractivity contribution in [2.24, 2.45) is 0 Å². The second kappa shape index (κ2) is 8.32. The van der Waals surface area contributed by atoms with Crippen molar-refractivity contribution in [2.75, 3.05) is 12.5 Å². The zero-order valence-corrected chi connectivity index (χ0v) is 11.2. The van der Waals surface area contributed by atoms with Crippen LogP contribution >= 0.6 is 11.6 Å². The second-order valence-electron chi connectivity index (χ2n) is 3.86. The van der Waals surface area contributed by atoms with Crippen molar-refractivity contribution in [2.45, 2.75) is 12.5 Å². The minimum absolute atomic E-state index is 0.112. The molecule has 0 spiro atoms. The third-order valence-electron chi connectivity index (χ3n) is 2.37. The van der Waals surface area contributed by atoms with E-state index < -0.39 is 17.9 Å². The summed E-state index contributed by atoms with van der Waals surface area (Å²) in [5.41, 5.74) is 0.929. The average Bonchev–Trinajstić information content (AvgIpc) is 2.44. The van der Waals surface area contributed by atoms with Gasteiger partial charge in [0.05, 0.1) is 0 Å². The lowest BCUT2D eigenvalue weighted by Gasteiger charge is -2.16. The van der Waals surface area contributed by atoms with Crippen LogP contribution in [-0.2, 0) is 20.7 Å². The number of amides is 1. The highest BCUT2D eigenvalue weighted by Gasteiger charge is 2.22. The standard InChI is InChI=1S/C14H16ClNO3/c1-2-8-19-14(18)12(16-13(17)10-15)9-11-6-4-3-5-7-11/h2-7,12H,1,8-10H2,(H,16,17)/t12-/m0/s1. The maximum atomic E-state index is 11.8. The van der Waals surface area contributed by atoms with Gasteiger partial charge in [-0.05, 0) is 5.56 Å². The predicted octanol–water partition coefficient (Wildman–Crippen LogP) is 1.68. The summed E-state index contributed by atoms with van der Waals surface area (Å²) in [5.74, 6) is -1.10. The molecule has 0 saturated carbocycles. The fraction of sp³-hybridized carbons (Fsp3) is 0.286. The third-order valence-corrected chi connectivity index (χ3v) is 2.61. The van der Waals surface area contributed by atoms with E-state index in [9.17, 15) is 9.59 Å². The predicted molar refractivity (Wildman–Crippen MR) is 74.0 cm³/mol. The molecule has 4 nitrogen and oxygen atoms in total. The van der Waals surface area contributed by atoms with Gasteiger partial charge in [0.15, 0.2) is 0 Å². The molecule has 1 aromatic carbocycles. The van der Waals surface area contributed by atoms with Crippen LogP contribution in [-0.4, -0.2) is 30.4 Å². The van der Waals surface area contributed by atoms with Crippen molar-refractivity contribution in [3.63, 3.8) is 0 Å². The van der Waals surface area contributed by atoms with Crippen LogP contribution in [0, 0.1) is 0 Å². The van der Waals surface area contributed by atoms with Gasteiger partial charge in [0.2, 0.25) is 5.91 Å². The van der Waals surface area contributed by atoms with Crippen LogP contribution in [0.3, 0.4) is 0 Å². The highest BCUT2D eigenvalue weighted by Crippen LogP contribution is 2.05. The molecule has 1 rings (SSSR count). The second-order valence-corrected chi connectivity index (χ2v) is 4.13. The summed E-state index contributed by atoms with van der Waals surface area (Å²) < 4.78 is 4.96. The van der Waals surface area contributed by atoms with Gasteiger partial charge in [0.25, 0.3) is 0 Å². The monoisotopic (exact) mass is 281 g/mol. The molecule has 0 heterocycles. The van der Waals surface area contributed by atoms with Crippen LogP contribution in [0.15, 0.2) is 43.0 Å². The summed E-state index contributed by atoms with van der Waals surface area (Å²) in [6, 6.07) is 8.62. The summed E-state index contributed by atoms with van der Waals surface area (Å²) in [6.07, 6.45) is 1.83. The first-order valence-corrected chi connectivity index (χ1v) is 6.37. The molecule has 0 aliphatic carbocycles. The number of esters is 1. The molecule has 0 unspecified atom stereocenters. The van der Waals surface area contributed by atoms with Gasteiger partial charge in [-0.15, -0.1) is 11.6 Å². The molecule has 5 heteroatoms. The lowest BCUT2D eigenvalue weighted by Crippen LogP contribution is -2.44. The van der Waals surface area contributed by atoms with Crippen molar-refractivity contribution in [3.05, 3.63) is 48.6 Å². The Labute approximate surface area is 117 Å². The van der Waals surface area contributed by atoms with Gasteiger partial charge in [0.1, 0.15) is 18.5 Å². The normalized spacial score (nSPS) is 11.4. The van der Waals surface area contributed by atoms with E-state index in [1.807, 2.05) is 30.3 Å². The van der Waals surface area contributed by atoms with Crippen LogP contribution in [0.4, 0.5) is 0 Å². The number of benzene rings is 1. The van der Waals surface area contributed by atoms with Gasteiger partial charge < -0.3 is 10.1 Å². The molecular formula is C14H16ClNO3. The number of ether oxygens (including phenoxy) is 1. The Kier molecular flexibility index (Phi) is 6.68. The maximum absolute atomic E-state index is 11.8. The fourth-order valence-electron chi connectivity index (χ4n) is 1.52. The molecule has 102 valence electrons. The van der Waals surface area contributed by atoms with Crippen LogP contribution < -0.4 is 5.32 Å². The molecule has 0 aliphatic rings. The van der Waals surface area contributed by atoms with Crippen molar-refractivity contribution in [1.29, 1.82) is 0 Å². The van der Waals surface area contributed by atoms with Gasteiger partial charge in [-0.25, -0.2) is 4.79 Å². The van der Waals surface area contributed by atoms with Crippen LogP contribution in [0.2, 0.25) is 0 Å². The van der Waals surface area contributed by atoms with Crippen LogP contribution in [0.5, 0.6) is 0 Å². The van der Waals surface area contributed by atoms with Gasteiger partial charge in [-0.3, -0.25) is 4.79 Å². The van der Waals surface area contributed by atoms with E-state index in [-0.39, 0.29) is 12.5 Å². The van der Waals surface area contributed by atoms with Crippen LogP contribution in [0.25, 0.3) is 0 Å². The lowest BCUT2D eigenvalue weighted by atomic mass is 10.1. The maximum Gasteiger partial charge on any atom is 0.329 e. The molecule has 0 bridgehead atoms. The smallest absolute Gasteiger partial charge is 0.329 e. The number of alkyl halides is 1. The number of rotatable bonds is 7. The Morgan fingerprint density at radius 3 is 2.63 bits per heavy atom. The lowest BCUT2D eigenvalue weighted by molar-refractivity contribution is -0.146. The average molecular weight is 282 g/mol. The molecule has 19 heavy (non-hydrogen) atoms. The summed E-state index contributed by atoms with van der Waals surface area (Å²) in [4.78, 5) is 23.1. The van der Waals surface area contributed by atoms with E-state index in [4.69, 9.17) is 16.3 Å². The zero-order valence-electron chi connectivity index (χ0n) is 10.5. The van der Waals surface area contributed by atoms with Crippen molar-refractivity contribution < 1.29 is 14.3 Å². The SMILES string of the molecule is C=CCOC(=O)[C@H](Cc1ccccc1)NC(=O)CCl. The summed E-state index contributed by atoms with van der Waals surface area (Å²) in [5, 5.41) is 2.54. The van der Waals surface area contributed by atoms with Gasteiger partial charge >= 0.3 is 5.97 Å². The third kappa shape index (κ3) is 5.57. The largest absolute Gasteiger partial charge is 0.460 e. The Morgan fingerprint density at radius 2 is 2.05 bits per heavy atom. The molecule has 1 atom stereocenters. The zero-order chi connectivity index (χ0) is 14.1. The van der Waals surface area contributed by atoms with E-state index in [0.717, 1.165) is 5.56 Å². The molecule has 0 aromatic heterocycles. The topological polar surface area (TPSA) is 55.4 Å². The minimum atomic E-state index is -0.742. The number of halogens is 1. The van der Waals surface area contributed by atoms with Gasteiger partial charge in [-0.1, -0.05) is 43.0 Å². The van der Waals surface area contributed by atoms with Crippen molar-refractivity contribution >= 4 is 23.5 Å². The number of carbonyl (C=O) groups excluding carboxylic acids is 2. The van der Waals surface area contributed by atoms with Gasteiger partial charge in [-0.2, -0.15) is 0 Å². The molecule has 0 saturated heterocycles. The fourth-order valence-corrected chi connectivity index (χ4v) is 1.59. The molecular weight excluding hydrogens is 266 g/mol. The number of hydrogen-bond donors (Lipinski definition) is 1. The van der Waals surface area contributed by atoms with E-state index in [1.54, 1.807) is 0 Å². The highest BCUT2D eigenvalue weighted by molar-refractivity contribution is 6.27. The molecule has 1 amide bonds. The van der Waals surface area contributed by atoms with E-state index in [0.29, 0.717) is 6.42 Å². The van der Waals surface area contributed by atoms with Crippen molar-refractivity contribution in [1.82, 2.24) is 5.32 Å². The number of nitrogens with one attached hydrogen (secondary N) is 1. The number of carbonyl (C=O) groups is 2.